The Morgan fingerprint density at radius 2 is 2.00 bits per heavy atom. The molecule has 0 amide bonds. The summed E-state index contributed by atoms with van der Waals surface area (Å²) in [6, 6.07) is 10.1. The molecule has 0 spiro atoms. The van der Waals surface area contributed by atoms with Crippen molar-refractivity contribution in [1.82, 2.24) is 0 Å². The summed E-state index contributed by atoms with van der Waals surface area (Å²) in [4.78, 5) is 16.8. The van der Waals surface area contributed by atoms with Gasteiger partial charge in [0.15, 0.2) is 5.60 Å². The maximum Gasteiger partial charge on any atom is 0.155 e. The molecule has 2 N–H and O–H groups in total. The minimum atomic E-state index is -1.13. The van der Waals surface area contributed by atoms with E-state index in [1.165, 1.54) is 4.90 Å². The van der Waals surface area contributed by atoms with E-state index < -0.39 is 23.4 Å². The van der Waals surface area contributed by atoms with E-state index in [9.17, 15) is 5.11 Å². The number of hydrogen-bond donors (Lipinski definition) is 2. The van der Waals surface area contributed by atoms with Crippen LogP contribution in [0, 0.1) is 5.92 Å². The monoisotopic (exact) mass is 326 g/mol. The Balaban J connectivity index is 1.69. The maximum absolute atomic E-state index is 10.3. The van der Waals surface area contributed by atoms with Gasteiger partial charge in [-0.1, -0.05) is 18.2 Å². The van der Waals surface area contributed by atoms with Crippen LogP contribution in [0.3, 0.4) is 0 Å². The first-order valence-corrected chi connectivity index (χ1v) is 8.49. The van der Waals surface area contributed by atoms with Crippen LogP contribution >= 0.6 is 11.8 Å². The lowest BCUT2D eigenvalue weighted by molar-refractivity contribution is -0.478. The number of aliphatic hydroxyl groups excluding tert-OH is 1. The fourth-order valence-corrected chi connectivity index (χ4v) is 4.27. The summed E-state index contributed by atoms with van der Waals surface area (Å²) in [5.74, 6) is 0.887. The third-order valence-electron chi connectivity index (χ3n) is 4.99. The third kappa shape index (κ3) is 2.79. The lowest BCUT2D eigenvalue weighted by Gasteiger charge is -2.52. The molecule has 2 fully saturated rings. The Labute approximate surface area is 134 Å². The summed E-state index contributed by atoms with van der Waals surface area (Å²) in [5, 5.41) is 19.4. The van der Waals surface area contributed by atoms with Crippen LogP contribution in [0.1, 0.15) is 26.7 Å². The second-order valence-electron chi connectivity index (χ2n) is 6.54. The first kappa shape index (κ1) is 16.2. The molecule has 5 nitrogen and oxygen atoms in total. The molecule has 122 valence electrons. The molecule has 1 aromatic rings. The molecule has 1 aliphatic carbocycles. The van der Waals surface area contributed by atoms with Crippen molar-refractivity contribution in [2.24, 2.45) is 5.92 Å². The van der Waals surface area contributed by atoms with Gasteiger partial charge in [-0.3, -0.25) is 5.26 Å². The van der Waals surface area contributed by atoms with Crippen LogP contribution < -0.4 is 0 Å². The molecule has 1 saturated heterocycles. The number of aliphatic hydroxyl groups is 1. The van der Waals surface area contributed by atoms with Crippen molar-refractivity contribution < 1.29 is 25.0 Å². The highest BCUT2D eigenvalue weighted by atomic mass is 32.2. The average Bonchev–Trinajstić information content (AvgIpc) is 2.54. The van der Waals surface area contributed by atoms with Crippen LogP contribution in [0.25, 0.3) is 0 Å². The minimum absolute atomic E-state index is 0.153. The standard InChI is InChI=1S/C16H22O5S/c1-15(10-22-12-6-4-3-5-7-12)11-8-13(17)16(2,20-18)14(9-11)19-21-15/h3-7,11,13-14,17-18H,8-10H2,1-2H3/t11-,13+,14-,15?,16-/m0/s1. The van der Waals surface area contributed by atoms with E-state index in [-0.39, 0.29) is 5.92 Å². The minimum Gasteiger partial charge on any atom is -0.390 e. The van der Waals surface area contributed by atoms with E-state index in [1.54, 1.807) is 18.7 Å². The molecule has 0 aromatic heterocycles. The largest absolute Gasteiger partial charge is 0.390 e. The topological polar surface area (TPSA) is 68.2 Å². The molecule has 22 heavy (non-hydrogen) atoms. The van der Waals surface area contributed by atoms with Crippen LogP contribution in [-0.2, 0) is 14.7 Å². The number of hydrogen-bond acceptors (Lipinski definition) is 6. The molecule has 1 heterocycles. The Kier molecular flexibility index (Phi) is 4.51. The molecule has 1 aliphatic heterocycles. The zero-order valence-corrected chi connectivity index (χ0v) is 13.6. The molecular formula is C16H22O5S. The van der Waals surface area contributed by atoms with Gasteiger partial charge in [-0.15, -0.1) is 11.8 Å². The average molecular weight is 326 g/mol. The van der Waals surface area contributed by atoms with Gasteiger partial charge in [0.25, 0.3) is 0 Å². The predicted molar refractivity (Wildman–Crippen MR) is 82.4 cm³/mol. The van der Waals surface area contributed by atoms with Gasteiger partial charge in [-0.2, -0.15) is 0 Å². The second-order valence-corrected chi connectivity index (χ2v) is 7.59. The summed E-state index contributed by atoms with van der Waals surface area (Å²) in [6.07, 6.45) is -0.0461. The lowest BCUT2D eigenvalue weighted by Crippen LogP contribution is -2.64. The summed E-state index contributed by atoms with van der Waals surface area (Å²) in [5.41, 5.74) is -1.61. The molecule has 2 aliphatic rings. The fraction of sp³-hybridized carbons (Fsp3) is 0.625. The number of fused-ring (bicyclic) bond motifs is 2. The number of rotatable bonds is 4. The Morgan fingerprint density at radius 1 is 1.27 bits per heavy atom. The van der Waals surface area contributed by atoms with E-state index in [1.807, 2.05) is 25.1 Å². The molecule has 5 atom stereocenters. The smallest absolute Gasteiger partial charge is 0.155 e. The van der Waals surface area contributed by atoms with Gasteiger partial charge < -0.3 is 5.11 Å². The van der Waals surface area contributed by atoms with Crippen molar-refractivity contribution >= 4 is 11.8 Å². The first-order valence-electron chi connectivity index (χ1n) is 7.51. The van der Waals surface area contributed by atoms with Gasteiger partial charge in [0.1, 0.15) is 11.7 Å². The van der Waals surface area contributed by atoms with Crippen LogP contribution in [0.2, 0.25) is 0 Å². The third-order valence-corrected chi connectivity index (χ3v) is 6.31. The van der Waals surface area contributed by atoms with E-state index >= 15 is 0 Å². The van der Waals surface area contributed by atoms with Crippen molar-refractivity contribution in [3.8, 4) is 0 Å². The first-order chi connectivity index (χ1) is 10.5. The molecule has 1 saturated carbocycles. The van der Waals surface area contributed by atoms with E-state index in [4.69, 9.17) is 15.0 Å². The van der Waals surface area contributed by atoms with E-state index in [0.717, 1.165) is 5.75 Å². The van der Waals surface area contributed by atoms with Gasteiger partial charge in [0.2, 0.25) is 0 Å². The molecule has 2 bridgehead atoms. The Bertz CT molecular complexity index is 511. The van der Waals surface area contributed by atoms with Gasteiger partial charge in [-0.25, -0.2) is 14.7 Å². The summed E-state index contributed by atoms with van der Waals surface area (Å²) >= 11 is 1.71. The van der Waals surface area contributed by atoms with E-state index in [0.29, 0.717) is 12.8 Å². The summed E-state index contributed by atoms with van der Waals surface area (Å²) in [7, 11) is 0. The summed E-state index contributed by atoms with van der Waals surface area (Å²) in [6.45, 7) is 3.66. The highest BCUT2D eigenvalue weighted by Gasteiger charge is 2.57. The fourth-order valence-electron chi connectivity index (χ4n) is 3.18. The molecule has 3 rings (SSSR count). The zero-order chi connectivity index (χ0) is 15.8. The van der Waals surface area contributed by atoms with Gasteiger partial charge in [-0.05, 0) is 44.7 Å². The zero-order valence-electron chi connectivity index (χ0n) is 12.8. The highest BCUT2D eigenvalue weighted by molar-refractivity contribution is 7.99. The van der Waals surface area contributed by atoms with Gasteiger partial charge in [0.05, 0.1) is 6.10 Å². The van der Waals surface area contributed by atoms with Gasteiger partial charge >= 0.3 is 0 Å². The van der Waals surface area contributed by atoms with Crippen molar-refractivity contribution in [2.75, 3.05) is 5.75 Å². The molecule has 1 aromatic carbocycles. The van der Waals surface area contributed by atoms with Crippen LogP contribution in [0.15, 0.2) is 35.2 Å². The summed E-state index contributed by atoms with van der Waals surface area (Å²) < 4.78 is 0. The predicted octanol–water partition coefficient (Wildman–Crippen LogP) is 2.89. The van der Waals surface area contributed by atoms with Crippen LogP contribution in [0.4, 0.5) is 0 Å². The van der Waals surface area contributed by atoms with Crippen molar-refractivity contribution in [1.29, 1.82) is 0 Å². The SMILES string of the molecule is CC1(CSc2ccccc2)OO[C@H]2C[C@@H]1C[C@@H](O)[C@]2(C)OO. The molecule has 1 unspecified atom stereocenters. The Morgan fingerprint density at radius 3 is 2.68 bits per heavy atom. The van der Waals surface area contributed by atoms with Crippen LogP contribution in [-0.4, -0.2) is 39.5 Å². The van der Waals surface area contributed by atoms with Crippen LogP contribution in [0.5, 0.6) is 0 Å². The maximum atomic E-state index is 10.3. The van der Waals surface area contributed by atoms with Gasteiger partial charge in [0, 0.05) is 10.6 Å². The highest BCUT2D eigenvalue weighted by Crippen LogP contribution is 2.47. The normalized spacial score (nSPS) is 41.4. The van der Waals surface area contributed by atoms with E-state index in [2.05, 4.69) is 17.0 Å². The molecular weight excluding hydrogens is 304 g/mol. The second kappa shape index (κ2) is 6.11. The molecule has 6 heteroatoms. The quantitative estimate of drug-likeness (QED) is 0.504. The molecule has 0 radical (unpaired) electrons. The van der Waals surface area contributed by atoms with Crippen molar-refractivity contribution in [3.63, 3.8) is 0 Å². The van der Waals surface area contributed by atoms with Crippen molar-refractivity contribution in [3.05, 3.63) is 30.3 Å². The number of thioether (sulfide) groups is 1. The number of benzene rings is 1. The lowest BCUT2D eigenvalue weighted by atomic mass is 9.69. The van der Waals surface area contributed by atoms with Crippen molar-refractivity contribution in [2.45, 2.75) is 55.0 Å². The Hall–Kier alpha value is -0.630.